The number of amides is 1. The first-order valence-corrected chi connectivity index (χ1v) is 12.1. The zero-order chi connectivity index (χ0) is 22.4. The molecule has 0 aliphatic carbocycles. The third-order valence-electron chi connectivity index (χ3n) is 6.32. The number of aliphatic hydroxyl groups is 1. The minimum absolute atomic E-state index is 0.0749. The molecule has 1 amide bonds. The van der Waals surface area contributed by atoms with Gasteiger partial charge in [0, 0.05) is 34.0 Å². The van der Waals surface area contributed by atoms with Gasteiger partial charge in [-0.15, -0.1) is 23.1 Å². The fraction of sp³-hybridized carbons (Fsp3) is 0.571. The Bertz CT molecular complexity index is 942. The molecule has 2 fully saturated rings. The smallest absolute Gasteiger partial charge is 0.353 e. The second-order valence-corrected chi connectivity index (χ2v) is 11.0. The molecule has 0 aromatic carbocycles. The largest absolute Gasteiger partial charge is 0.477 e. The average Bonchev–Trinajstić information content (AvgIpc) is 3.24. The van der Waals surface area contributed by atoms with Crippen LogP contribution in [0.2, 0.25) is 0 Å². The number of hydrogen-bond acceptors (Lipinski definition) is 7. The Labute approximate surface area is 188 Å². The van der Waals surface area contributed by atoms with Gasteiger partial charge in [0.25, 0.3) is 0 Å². The number of β-lactam (4-membered cyclic amide) rings is 1. The highest BCUT2D eigenvalue weighted by molar-refractivity contribution is 8.03. The Hall–Kier alpha value is -1.88. The van der Waals surface area contributed by atoms with E-state index in [4.69, 9.17) is 5.11 Å². The van der Waals surface area contributed by atoms with Gasteiger partial charge >= 0.3 is 11.9 Å². The molecule has 0 spiro atoms. The van der Waals surface area contributed by atoms with E-state index in [0.29, 0.717) is 11.4 Å². The number of carbonyl (C=O) groups excluding carboxylic acids is 1. The number of aromatic carboxylic acids is 1. The first-order valence-electron chi connectivity index (χ1n) is 10.4. The first-order chi connectivity index (χ1) is 14.7. The Morgan fingerprint density at radius 1 is 1.29 bits per heavy atom. The van der Waals surface area contributed by atoms with Crippen molar-refractivity contribution >= 4 is 40.9 Å². The van der Waals surface area contributed by atoms with Crippen LogP contribution in [0.1, 0.15) is 41.2 Å². The fourth-order valence-corrected chi connectivity index (χ4v) is 7.38. The number of likely N-dealkylation sites (tertiary alicyclic amines) is 1. The van der Waals surface area contributed by atoms with Crippen molar-refractivity contribution in [3.05, 3.63) is 32.5 Å². The summed E-state index contributed by atoms with van der Waals surface area (Å²) in [5.74, 6) is -2.99. The summed E-state index contributed by atoms with van der Waals surface area (Å²) in [5.41, 5.74) is 0.0749. The van der Waals surface area contributed by atoms with E-state index in [-0.39, 0.29) is 28.8 Å². The Balaban J connectivity index is 1.47. The van der Waals surface area contributed by atoms with E-state index in [2.05, 4.69) is 4.90 Å². The summed E-state index contributed by atoms with van der Waals surface area (Å²) >= 11 is 2.83. The number of rotatable bonds is 7. The van der Waals surface area contributed by atoms with Crippen LogP contribution in [0, 0.1) is 11.8 Å². The van der Waals surface area contributed by atoms with Crippen LogP contribution in [0.5, 0.6) is 0 Å². The number of nitrogens with zero attached hydrogens (tertiary/aromatic N) is 2. The molecule has 31 heavy (non-hydrogen) atoms. The molecule has 10 heteroatoms. The van der Waals surface area contributed by atoms with Gasteiger partial charge in [-0.3, -0.25) is 9.69 Å². The molecule has 8 nitrogen and oxygen atoms in total. The zero-order valence-electron chi connectivity index (χ0n) is 17.4. The Kier molecular flexibility index (Phi) is 6.17. The van der Waals surface area contributed by atoms with Gasteiger partial charge < -0.3 is 20.2 Å². The molecule has 2 saturated heterocycles. The molecule has 0 saturated carbocycles. The lowest BCUT2D eigenvalue weighted by Gasteiger charge is -2.46. The van der Waals surface area contributed by atoms with Crippen LogP contribution >= 0.6 is 23.1 Å². The SMILES string of the molecule is C[C@H]1C(SC2CCCN(Cc3ccc(C(=O)O)s3)C2)=C(C(=O)O)N2C(=O)[C@H]([C@@H](C)O)C12. The number of piperidine rings is 1. The standard InChI is InChI=1S/C21H26N2O6S2/c1-10-16-15(11(2)24)19(25)23(16)17(21(28)29)18(10)31-12-4-3-7-22(8-12)9-13-5-6-14(30-13)20(26)27/h5-6,10-12,15-16,24H,3-4,7-9H2,1-2H3,(H,26,27)(H,28,29)/t10-,11-,12?,15-,16?/m1/s1. The number of carboxylic acids is 2. The second kappa shape index (κ2) is 8.57. The Morgan fingerprint density at radius 2 is 2.03 bits per heavy atom. The molecule has 3 aliphatic rings. The normalized spacial score (nSPS) is 29.6. The van der Waals surface area contributed by atoms with Gasteiger partial charge in [0.15, 0.2) is 0 Å². The van der Waals surface area contributed by atoms with E-state index < -0.39 is 24.0 Å². The van der Waals surface area contributed by atoms with E-state index in [9.17, 15) is 24.6 Å². The number of aliphatic hydroxyl groups excluding tert-OH is 1. The van der Waals surface area contributed by atoms with Crippen molar-refractivity contribution in [2.45, 2.75) is 50.6 Å². The lowest BCUT2D eigenvalue weighted by molar-refractivity contribution is -0.163. The number of fused-ring (bicyclic) bond motifs is 1. The van der Waals surface area contributed by atoms with Crippen molar-refractivity contribution in [3.63, 3.8) is 0 Å². The molecular weight excluding hydrogens is 440 g/mol. The van der Waals surface area contributed by atoms with Crippen LogP contribution in [-0.4, -0.2) is 73.5 Å². The summed E-state index contributed by atoms with van der Waals surface area (Å²) in [6, 6.07) is 3.19. The van der Waals surface area contributed by atoms with Gasteiger partial charge in [0.1, 0.15) is 10.6 Å². The summed E-state index contributed by atoms with van der Waals surface area (Å²) in [4.78, 5) is 41.3. The van der Waals surface area contributed by atoms with E-state index in [1.165, 1.54) is 16.2 Å². The number of hydrogen-bond donors (Lipinski definition) is 3. The summed E-state index contributed by atoms with van der Waals surface area (Å²) < 4.78 is 0. The highest BCUT2D eigenvalue weighted by Crippen LogP contribution is 2.51. The minimum Gasteiger partial charge on any atom is -0.477 e. The van der Waals surface area contributed by atoms with Crippen LogP contribution in [0.15, 0.2) is 22.7 Å². The predicted octanol–water partition coefficient (Wildman–Crippen LogP) is 2.30. The number of carbonyl (C=O) groups is 3. The molecule has 5 atom stereocenters. The van der Waals surface area contributed by atoms with Crippen LogP contribution in [0.3, 0.4) is 0 Å². The number of thiophene rings is 1. The second-order valence-electron chi connectivity index (χ2n) is 8.46. The first kappa shape index (κ1) is 22.3. The maximum absolute atomic E-state index is 12.5. The van der Waals surface area contributed by atoms with Crippen molar-refractivity contribution in [1.82, 2.24) is 9.80 Å². The molecule has 3 aliphatic heterocycles. The van der Waals surface area contributed by atoms with Crippen LogP contribution in [0.4, 0.5) is 0 Å². The van der Waals surface area contributed by atoms with Crippen LogP contribution in [0.25, 0.3) is 0 Å². The topological polar surface area (TPSA) is 118 Å². The molecule has 4 heterocycles. The van der Waals surface area contributed by atoms with Crippen LogP contribution < -0.4 is 0 Å². The molecular formula is C21H26N2O6S2. The minimum atomic E-state index is -1.10. The number of thioether (sulfide) groups is 1. The zero-order valence-corrected chi connectivity index (χ0v) is 19.0. The predicted molar refractivity (Wildman–Crippen MR) is 117 cm³/mol. The van der Waals surface area contributed by atoms with Crippen molar-refractivity contribution in [2.75, 3.05) is 13.1 Å². The lowest BCUT2D eigenvalue weighted by atomic mass is 9.79. The van der Waals surface area contributed by atoms with Gasteiger partial charge in [-0.05, 0) is 38.4 Å². The highest BCUT2D eigenvalue weighted by Gasteiger charge is 2.60. The monoisotopic (exact) mass is 466 g/mol. The van der Waals surface area contributed by atoms with E-state index >= 15 is 0 Å². The summed E-state index contributed by atoms with van der Waals surface area (Å²) in [5, 5.41) is 29.1. The maximum atomic E-state index is 12.5. The van der Waals surface area contributed by atoms with Crippen LogP contribution in [-0.2, 0) is 16.1 Å². The molecule has 0 bridgehead atoms. The molecule has 1 aromatic rings. The van der Waals surface area contributed by atoms with Gasteiger partial charge in [0.05, 0.1) is 18.1 Å². The molecule has 168 valence electrons. The number of aliphatic carboxylic acids is 1. The molecule has 3 N–H and O–H groups in total. The molecule has 2 unspecified atom stereocenters. The fourth-order valence-electron chi connectivity index (χ4n) is 4.91. The van der Waals surface area contributed by atoms with Gasteiger partial charge in [-0.25, -0.2) is 9.59 Å². The molecule has 1 aromatic heterocycles. The van der Waals surface area contributed by atoms with Crippen molar-refractivity contribution in [2.24, 2.45) is 11.8 Å². The lowest BCUT2D eigenvalue weighted by Crippen LogP contribution is -2.63. The third-order valence-corrected chi connectivity index (χ3v) is 8.91. The summed E-state index contributed by atoms with van der Waals surface area (Å²) in [6.07, 6.45) is 1.12. The van der Waals surface area contributed by atoms with Gasteiger partial charge in [-0.2, -0.15) is 0 Å². The van der Waals surface area contributed by atoms with Gasteiger partial charge in [0.2, 0.25) is 5.91 Å². The third kappa shape index (κ3) is 4.02. The average molecular weight is 467 g/mol. The quantitative estimate of drug-likeness (QED) is 0.524. The van der Waals surface area contributed by atoms with Crippen molar-refractivity contribution in [1.29, 1.82) is 0 Å². The maximum Gasteiger partial charge on any atom is 0.353 e. The summed E-state index contributed by atoms with van der Waals surface area (Å²) in [7, 11) is 0. The number of carboxylic acid groups (broad SMARTS) is 2. The molecule has 0 radical (unpaired) electrons. The van der Waals surface area contributed by atoms with E-state index in [1.807, 2.05) is 13.0 Å². The van der Waals surface area contributed by atoms with E-state index in [0.717, 1.165) is 35.7 Å². The summed E-state index contributed by atoms with van der Waals surface area (Å²) in [6.45, 7) is 5.88. The van der Waals surface area contributed by atoms with Gasteiger partial charge in [-0.1, -0.05) is 6.92 Å². The Morgan fingerprint density at radius 3 is 2.65 bits per heavy atom. The van der Waals surface area contributed by atoms with Crippen molar-refractivity contribution < 1.29 is 29.7 Å². The van der Waals surface area contributed by atoms with E-state index in [1.54, 1.807) is 24.8 Å². The molecule has 4 rings (SSSR count). The van der Waals surface area contributed by atoms with Crippen molar-refractivity contribution in [3.8, 4) is 0 Å². The highest BCUT2D eigenvalue weighted by atomic mass is 32.2.